The summed E-state index contributed by atoms with van der Waals surface area (Å²) in [6.07, 6.45) is 3.21. The van der Waals surface area contributed by atoms with Crippen LogP contribution in [0.25, 0.3) is 5.65 Å². The second-order valence-electron chi connectivity index (χ2n) is 4.75. The zero-order valence-electron chi connectivity index (χ0n) is 10.6. The smallest absolute Gasteiger partial charge is 0.271 e. The lowest BCUT2D eigenvalue weighted by Gasteiger charge is -2.28. The fraction of sp³-hybridized carbons (Fsp3) is 0.385. The van der Waals surface area contributed by atoms with Crippen molar-refractivity contribution in [2.24, 2.45) is 0 Å². The Bertz CT molecular complexity index is 643. The molecule has 0 saturated carbocycles. The summed E-state index contributed by atoms with van der Waals surface area (Å²) in [5.74, 6) is -0.309. The number of fused-ring (bicyclic) bond motifs is 1. The first-order valence-corrected chi connectivity index (χ1v) is 6.72. The Balaban J connectivity index is 1.78. The summed E-state index contributed by atoms with van der Waals surface area (Å²) in [6.45, 7) is 0.772. The van der Waals surface area contributed by atoms with Crippen LogP contribution in [-0.4, -0.2) is 45.8 Å². The van der Waals surface area contributed by atoms with Crippen molar-refractivity contribution in [1.29, 1.82) is 0 Å². The van der Waals surface area contributed by atoms with Crippen LogP contribution >= 0.6 is 11.6 Å². The van der Waals surface area contributed by atoms with Crippen LogP contribution in [0.3, 0.4) is 0 Å². The molecule has 3 heterocycles. The van der Waals surface area contributed by atoms with Crippen molar-refractivity contribution < 1.29 is 14.6 Å². The number of aromatic nitrogens is 2. The Morgan fingerprint density at radius 3 is 3.15 bits per heavy atom. The number of nitrogens with zero attached hydrogens (tertiary/aromatic N) is 2. The van der Waals surface area contributed by atoms with E-state index >= 15 is 0 Å². The van der Waals surface area contributed by atoms with Gasteiger partial charge in [0.15, 0.2) is 0 Å². The highest BCUT2D eigenvalue weighted by molar-refractivity contribution is 6.30. The molecule has 0 unspecified atom stereocenters. The van der Waals surface area contributed by atoms with E-state index in [-0.39, 0.29) is 18.6 Å². The molecule has 20 heavy (non-hydrogen) atoms. The third-order valence-corrected chi connectivity index (χ3v) is 3.51. The van der Waals surface area contributed by atoms with Gasteiger partial charge in [-0.25, -0.2) is 4.98 Å². The SMILES string of the molecule is O=C(N[C@@H]1CCOC[C@H]1O)c1cn2cc(Cl)ccc2n1. The average molecular weight is 296 g/mol. The largest absolute Gasteiger partial charge is 0.389 e. The Hall–Kier alpha value is -1.63. The molecule has 6 nitrogen and oxygen atoms in total. The van der Waals surface area contributed by atoms with E-state index in [1.807, 2.05) is 0 Å². The summed E-state index contributed by atoms with van der Waals surface area (Å²) in [5, 5.41) is 13.1. The summed E-state index contributed by atoms with van der Waals surface area (Å²) in [6, 6.07) is 3.15. The number of aliphatic hydroxyl groups excluding tert-OH is 1. The van der Waals surface area contributed by atoms with Gasteiger partial charge in [0.2, 0.25) is 0 Å². The molecular formula is C13H14ClN3O3. The molecule has 0 aliphatic carbocycles. The third kappa shape index (κ3) is 2.63. The first-order valence-electron chi connectivity index (χ1n) is 6.34. The van der Waals surface area contributed by atoms with Crippen molar-refractivity contribution in [3.05, 3.63) is 35.2 Å². The predicted octanol–water partition coefficient (Wildman–Crippen LogP) is 0.867. The van der Waals surface area contributed by atoms with Crippen molar-refractivity contribution >= 4 is 23.2 Å². The summed E-state index contributed by atoms with van der Waals surface area (Å²) >= 11 is 5.89. The van der Waals surface area contributed by atoms with Crippen LogP contribution in [0.4, 0.5) is 0 Å². The number of imidazole rings is 1. The number of hydrogen-bond acceptors (Lipinski definition) is 4. The Morgan fingerprint density at radius 2 is 2.35 bits per heavy atom. The second-order valence-corrected chi connectivity index (χ2v) is 5.19. The molecule has 2 atom stereocenters. The average Bonchev–Trinajstić information content (AvgIpc) is 2.84. The van der Waals surface area contributed by atoms with Crippen LogP contribution < -0.4 is 5.32 Å². The second kappa shape index (κ2) is 5.40. The maximum atomic E-state index is 12.1. The molecule has 2 N–H and O–H groups in total. The van der Waals surface area contributed by atoms with E-state index in [1.165, 1.54) is 0 Å². The molecule has 1 aliphatic heterocycles. The van der Waals surface area contributed by atoms with Crippen molar-refractivity contribution in [3.8, 4) is 0 Å². The molecule has 106 valence electrons. The van der Waals surface area contributed by atoms with Gasteiger partial charge in [0.1, 0.15) is 11.3 Å². The number of carbonyl (C=O) groups is 1. The van der Waals surface area contributed by atoms with Crippen LogP contribution in [-0.2, 0) is 4.74 Å². The first kappa shape index (κ1) is 13.4. The maximum Gasteiger partial charge on any atom is 0.271 e. The number of halogens is 1. The van der Waals surface area contributed by atoms with Gasteiger partial charge in [0.25, 0.3) is 5.91 Å². The molecule has 2 aromatic rings. The van der Waals surface area contributed by atoms with Gasteiger partial charge in [-0.05, 0) is 18.6 Å². The van der Waals surface area contributed by atoms with E-state index < -0.39 is 6.10 Å². The molecule has 2 aromatic heterocycles. The van der Waals surface area contributed by atoms with E-state index in [0.717, 1.165) is 0 Å². The van der Waals surface area contributed by atoms with Crippen molar-refractivity contribution in [3.63, 3.8) is 0 Å². The van der Waals surface area contributed by atoms with Gasteiger partial charge in [0.05, 0.1) is 23.8 Å². The lowest BCUT2D eigenvalue weighted by atomic mass is 10.1. The quantitative estimate of drug-likeness (QED) is 0.862. The maximum absolute atomic E-state index is 12.1. The summed E-state index contributed by atoms with van der Waals surface area (Å²) < 4.78 is 6.82. The molecular weight excluding hydrogens is 282 g/mol. The lowest BCUT2D eigenvalue weighted by molar-refractivity contribution is -0.0261. The molecule has 0 aromatic carbocycles. The molecule has 0 radical (unpaired) electrons. The Labute approximate surface area is 120 Å². The number of nitrogens with one attached hydrogen (secondary N) is 1. The summed E-state index contributed by atoms with van der Waals surface area (Å²) in [4.78, 5) is 16.4. The zero-order chi connectivity index (χ0) is 14.1. The monoisotopic (exact) mass is 295 g/mol. The van der Waals surface area contributed by atoms with Gasteiger partial charge in [-0.3, -0.25) is 4.79 Å². The molecule has 1 amide bonds. The van der Waals surface area contributed by atoms with E-state index in [4.69, 9.17) is 16.3 Å². The molecule has 0 spiro atoms. The summed E-state index contributed by atoms with van der Waals surface area (Å²) in [5.41, 5.74) is 0.943. The summed E-state index contributed by atoms with van der Waals surface area (Å²) in [7, 11) is 0. The van der Waals surface area contributed by atoms with Gasteiger partial charge in [-0.2, -0.15) is 0 Å². The van der Waals surface area contributed by atoms with Crippen LogP contribution in [0.15, 0.2) is 24.5 Å². The van der Waals surface area contributed by atoms with E-state index in [0.29, 0.717) is 29.4 Å². The van der Waals surface area contributed by atoms with Crippen molar-refractivity contribution in [2.45, 2.75) is 18.6 Å². The van der Waals surface area contributed by atoms with E-state index in [2.05, 4.69) is 10.3 Å². The van der Waals surface area contributed by atoms with Gasteiger partial charge in [0, 0.05) is 19.0 Å². The highest BCUT2D eigenvalue weighted by Gasteiger charge is 2.26. The number of hydrogen-bond donors (Lipinski definition) is 2. The van der Waals surface area contributed by atoms with Gasteiger partial charge in [-0.1, -0.05) is 11.6 Å². The highest BCUT2D eigenvalue weighted by Crippen LogP contribution is 2.13. The van der Waals surface area contributed by atoms with Crippen molar-refractivity contribution in [1.82, 2.24) is 14.7 Å². The molecule has 1 saturated heterocycles. The van der Waals surface area contributed by atoms with E-state index in [1.54, 1.807) is 28.9 Å². The van der Waals surface area contributed by atoms with E-state index in [9.17, 15) is 9.90 Å². The van der Waals surface area contributed by atoms with Crippen molar-refractivity contribution in [2.75, 3.05) is 13.2 Å². The van der Waals surface area contributed by atoms with Crippen LogP contribution in [0, 0.1) is 0 Å². The number of aliphatic hydroxyl groups is 1. The minimum atomic E-state index is -0.681. The predicted molar refractivity (Wildman–Crippen MR) is 72.9 cm³/mol. The fourth-order valence-corrected chi connectivity index (χ4v) is 2.38. The number of carbonyl (C=O) groups excluding carboxylic acids is 1. The minimum Gasteiger partial charge on any atom is -0.389 e. The van der Waals surface area contributed by atoms with Crippen LogP contribution in [0.2, 0.25) is 5.02 Å². The fourth-order valence-electron chi connectivity index (χ4n) is 2.21. The minimum absolute atomic E-state index is 0.242. The normalized spacial score (nSPS) is 22.9. The van der Waals surface area contributed by atoms with Gasteiger partial charge in [-0.15, -0.1) is 0 Å². The third-order valence-electron chi connectivity index (χ3n) is 3.29. The number of pyridine rings is 1. The van der Waals surface area contributed by atoms with Gasteiger partial charge >= 0.3 is 0 Å². The number of ether oxygens (including phenoxy) is 1. The molecule has 1 aliphatic rings. The number of amides is 1. The molecule has 1 fully saturated rings. The highest BCUT2D eigenvalue weighted by atomic mass is 35.5. The topological polar surface area (TPSA) is 75.9 Å². The standard InChI is InChI=1S/C13H14ClN3O3/c14-8-1-2-12-15-10(6-17(12)5-8)13(19)16-9-3-4-20-7-11(9)18/h1-2,5-6,9,11,18H,3-4,7H2,(H,16,19)/t9-,11-/m1/s1. The molecule has 7 heteroatoms. The van der Waals surface area contributed by atoms with Crippen LogP contribution in [0.1, 0.15) is 16.9 Å². The first-order chi connectivity index (χ1) is 9.63. The molecule has 3 rings (SSSR count). The Kier molecular flexibility index (Phi) is 3.60. The van der Waals surface area contributed by atoms with Gasteiger partial charge < -0.3 is 19.6 Å². The zero-order valence-corrected chi connectivity index (χ0v) is 11.4. The van der Waals surface area contributed by atoms with Crippen LogP contribution in [0.5, 0.6) is 0 Å². The molecule has 0 bridgehead atoms. The number of rotatable bonds is 2. The Morgan fingerprint density at radius 1 is 1.50 bits per heavy atom. The lowest BCUT2D eigenvalue weighted by Crippen LogP contribution is -2.48.